The van der Waals surface area contributed by atoms with Crippen LogP contribution in [0.4, 0.5) is 13.2 Å². The summed E-state index contributed by atoms with van der Waals surface area (Å²) in [6, 6.07) is 7.16. The monoisotopic (exact) mass is 531 g/mol. The minimum Gasteiger partial charge on any atom is -0.387 e. The van der Waals surface area contributed by atoms with Crippen molar-refractivity contribution >= 4 is 23.0 Å². The molecule has 5 rings (SSSR count). The number of benzene rings is 1. The number of aryl methyl sites for hydroxylation is 3. The van der Waals surface area contributed by atoms with E-state index in [1.54, 1.807) is 16.2 Å². The largest absolute Gasteiger partial charge is 0.435 e. The summed E-state index contributed by atoms with van der Waals surface area (Å²) in [5.41, 5.74) is 4.56. The first kappa shape index (κ1) is 25.4. The number of nitrogens with zero attached hydrogens (tertiary/aromatic N) is 5. The van der Waals surface area contributed by atoms with Gasteiger partial charge in [0.1, 0.15) is 12.3 Å². The van der Waals surface area contributed by atoms with E-state index in [0.717, 1.165) is 40.0 Å². The van der Waals surface area contributed by atoms with Crippen molar-refractivity contribution in [3.05, 3.63) is 68.4 Å². The molecule has 2 aliphatic heterocycles. The highest BCUT2D eigenvalue weighted by atomic mass is 32.1. The van der Waals surface area contributed by atoms with Crippen LogP contribution in [0, 0.1) is 20.8 Å². The van der Waals surface area contributed by atoms with E-state index >= 15 is 0 Å². The summed E-state index contributed by atoms with van der Waals surface area (Å²) in [5, 5.41) is 10.9. The van der Waals surface area contributed by atoms with Gasteiger partial charge in [0.2, 0.25) is 5.91 Å². The molecule has 0 N–H and O–H groups in total. The number of hydrogen-bond acceptors (Lipinski definition) is 6. The minimum absolute atomic E-state index is 0.110. The minimum atomic E-state index is -4.53. The molecule has 4 heterocycles. The molecule has 11 heteroatoms. The lowest BCUT2D eigenvalue weighted by Gasteiger charge is -2.31. The SMILES string of the molecule is Cc1cccc(C)c1[C@H]1CC(c2csc(C3CCN(C(=O)Cn4nc(C(F)(F)F)cc4C)CC3)n2)=NO1. The topological polar surface area (TPSA) is 72.6 Å². The van der Waals surface area contributed by atoms with Crippen LogP contribution < -0.4 is 0 Å². The van der Waals surface area contributed by atoms with Gasteiger partial charge in [-0.05, 0) is 50.8 Å². The van der Waals surface area contributed by atoms with Crippen LogP contribution in [0.2, 0.25) is 0 Å². The summed E-state index contributed by atoms with van der Waals surface area (Å²) in [6.07, 6.45) is -2.47. The smallest absolute Gasteiger partial charge is 0.387 e. The van der Waals surface area contributed by atoms with Crippen molar-refractivity contribution in [3.63, 3.8) is 0 Å². The second-order valence-electron chi connectivity index (χ2n) is 9.69. The fraction of sp³-hybridized carbons (Fsp3) is 0.462. The molecule has 2 aromatic heterocycles. The highest BCUT2D eigenvalue weighted by molar-refractivity contribution is 7.10. The quantitative estimate of drug-likeness (QED) is 0.433. The fourth-order valence-electron chi connectivity index (χ4n) is 5.04. The maximum absolute atomic E-state index is 12.9. The number of rotatable bonds is 5. The Hall–Kier alpha value is -3.21. The Labute approximate surface area is 216 Å². The number of alkyl halides is 3. The molecule has 1 saturated heterocycles. The predicted octanol–water partition coefficient (Wildman–Crippen LogP) is 5.56. The van der Waals surface area contributed by atoms with E-state index in [0.29, 0.717) is 25.2 Å². The van der Waals surface area contributed by atoms with Crippen LogP contribution in [-0.4, -0.2) is 44.4 Å². The van der Waals surface area contributed by atoms with Gasteiger partial charge >= 0.3 is 6.18 Å². The normalized spacial score (nSPS) is 18.7. The third-order valence-corrected chi connectivity index (χ3v) is 8.11. The molecule has 196 valence electrons. The van der Waals surface area contributed by atoms with Crippen LogP contribution in [0.3, 0.4) is 0 Å². The molecule has 0 saturated carbocycles. The molecular weight excluding hydrogens is 503 g/mol. The summed E-state index contributed by atoms with van der Waals surface area (Å²) in [7, 11) is 0. The Bertz CT molecular complexity index is 1320. The van der Waals surface area contributed by atoms with Gasteiger partial charge in [0.15, 0.2) is 11.8 Å². The van der Waals surface area contributed by atoms with E-state index < -0.39 is 11.9 Å². The van der Waals surface area contributed by atoms with Gasteiger partial charge in [-0.15, -0.1) is 11.3 Å². The molecule has 7 nitrogen and oxygen atoms in total. The Morgan fingerprint density at radius 2 is 1.86 bits per heavy atom. The van der Waals surface area contributed by atoms with Gasteiger partial charge in [0, 0.05) is 42.1 Å². The van der Waals surface area contributed by atoms with E-state index in [-0.39, 0.29) is 24.5 Å². The zero-order valence-corrected chi connectivity index (χ0v) is 21.7. The average molecular weight is 532 g/mol. The zero-order valence-electron chi connectivity index (χ0n) is 20.9. The molecule has 0 unspecified atom stereocenters. The highest BCUT2D eigenvalue weighted by Gasteiger charge is 2.35. The predicted molar refractivity (Wildman–Crippen MR) is 134 cm³/mol. The molecule has 0 aliphatic carbocycles. The average Bonchev–Trinajstić information content (AvgIpc) is 3.59. The van der Waals surface area contributed by atoms with Gasteiger partial charge in [-0.2, -0.15) is 18.3 Å². The maximum atomic E-state index is 12.9. The maximum Gasteiger partial charge on any atom is 0.435 e. The third kappa shape index (κ3) is 5.27. The number of aromatic nitrogens is 3. The van der Waals surface area contributed by atoms with Crippen molar-refractivity contribution in [1.82, 2.24) is 19.7 Å². The van der Waals surface area contributed by atoms with E-state index in [4.69, 9.17) is 9.82 Å². The lowest BCUT2D eigenvalue weighted by atomic mass is 9.95. The van der Waals surface area contributed by atoms with Crippen LogP contribution in [0.5, 0.6) is 0 Å². The van der Waals surface area contributed by atoms with Crippen molar-refractivity contribution in [3.8, 4) is 0 Å². The number of carbonyl (C=O) groups excluding carboxylic acids is 1. The first-order valence-corrected chi connectivity index (χ1v) is 13.1. The Balaban J connectivity index is 1.17. The standard InChI is InChI=1S/C26H28F3N5O2S/c1-15-5-4-6-16(2)24(15)21-12-19(32-36-21)20-14-37-25(30-20)18-7-9-33(10-8-18)23(35)13-34-17(3)11-22(31-34)26(27,28)29/h4-6,11,14,18,21H,7-10,12-13H2,1-3H3/t21-/m1/s1. The molecule has 37 heavy (non-hydrogen) atoms. The van der Waals surface area contributed by atoms with E-state index in [1.807, 2.05) is 11.4 Å². The van der Waals surface area contributed by atoms with Gasteiger partial charge in [-0.25, -0.2) is 4.98 Å². The lowest BCUT2D eigenvalue weighted by Crippen LogP contribution is -2.40. The summed E-state index contributed by atoms with van der Waals surface area (Å²) < 4.78 is 39.9. The second kappa shape index (κ2) is 9.92. The molecule has 2 aliphatic rings. The van der Waals surface area contributed by atoms with E-state index in [2.05, 4.69) is 36.2 Å². The Morgan fingerprint density at radius 3 is 2.51 bits per heavy atom. The summed E-state index contributed by atoms with van der Waals surface area (Å²) in [6.45, 7) is 6.55. The fourth-order valence-corrected chi connectivity index (χ4v) is 6.04. The van der Waals surface area contributed by atoms with Crippen molar-refractivity contribution in [2.24, 2.45) is 5.16 Å². The van der Waals surface area contributed by atoms with Crippen molar-refractivity contribution in [2.75, 3.05) is 13.1 Å². The molecule has 0 bridgehead atoms. The Kier molecular flexibility index (Phi) is 6.82. The summed E-state index contributed by atoms with van der Waals surface area (Å²) in [5.74, 6) is -0.00314. The van der Waals surface area contributed by atoms with Gasteiger partial charge in [-0.1, -0.05) is 23.4 Å². The lowest BCUT2D eigenvalue weighted by molar-refractivity contribution is -0.142. The number of amides is 1. The van der Waals surface area contributed by atoms with Crippen LogP contribution in [-0.2, 0) is 22.4 Å². The Morgan fingerprint density at radius 1 is 1.16 bits per heavy atom. The van der Waals surface area contributed by atoms with Gasteiger partial charge < -0.3 is 9.74 Å². The number of piperidine rings is 1. The molecule has 1 aromatic carbocycles. The van der Waals surface area contributed by atoms with E-state index in [1.165, 1.54) is 23.6 Å². The molecule has 0 spiro atoms. The van der Waals surface area contributed by atoms with Crippen molar-refractivity contribution < 1.29 is 22.8 Å². The number of halogens is 3. The molecule has 3 aromatic rings. The zero-order chi connectivity index (χ0) is 26.3. The molecule has 1 fully saturated rings. The summed E-state index contributed by atoms with van der Waals surface area (Å²) >= 11 is 1.59. The van der Waals surface area contributed by atoms with Gasteiger partial charge in [0.25, 0.3) is 0 Å². The number of oxime groups is 1. The first-order chi connectivity index (χ1) is 17.6. The number of hydrogen-bond donors (Lipinski definition) is 0. The van der Waals surface area contributed by atoms with Gasteiger partial charge in [-0.3, -0.25) is 9.48 Å². The second-order valence-corrected chi connectivity index (χ2v) is 10.6. The third-order valence-electron chi connectivity index (χ3n) is 7.10. The van der Waals surface area contributed by atoms with Crippen molar-refractivity contribution in [2.45, 2.75) is 64.8 Å². The molecule has 0 radical (unpaired) electrons. The first-order valence-electron chi connectivity index (χ1n) is 12.2. The molecular formula is C26H28F3N5O2S. The number of likely N-dealkylation sites (tertiary alicyclic amines) is 1. The highest BCUT2D eigenvalue weighted by Crippen LogP contribution is 2.36. The number of thiazole rings is 1. The van der Waals surface area contributed by atoms with E-state index in [9.17, 15) is 18.0 Å². The summed E-state index contributed by atoms with van der Waals surface area (Å²) in [4.78, 5) is 25.1. The van der Waals surface area contributed by atoms with Crippen molar-refractivity contribution in [1.29, 1.82) is 0 Å². The van der Waals surface area contributed by atoms with Gasteiger partial charge in [0.05, 0.1) is 10.7 Å². The molecule has 1 amide bonds. The van der Waals surface area contributed by atoms with Crippen LogP contribution >= 0.6 is 11.3 Å². The number of carbonyl (C=O) groups is 1. The van der Waals surface area contributed by atoms with Crippen LogP contribution in [0.1, 0.15) is 70.1 Å². The van der Waals surface area contributed by atoms with Crippen LogP contribution in [0.25, 0.3) is 0 Å². The van der Waals surface area contributed by atoms with Crippen LogP contribution in [0.15, 0.2) is 34.8 Å². The molecule has 1 atom stereocenters.